The molecule has 0 bridgehead atoms. The summed E-state index contributed by atoms with van der Waals surface area (Å²) in [5.41, 5.74) is 5.24. The van der Waals surface area contributed by atoms with Crippen molar-refractivity contribution < 1.29 is 0 Å². The number of hydrogen-bond acceptors (Lipinski definition) is 4. The van der Waals surface area contributed by atoms with Gasteiger partial charge in [0, 0.05) is 23.5 Å². The molecule has 6 rings (SSSR count). The molecule has 33 heavy (non-hydrogen) atoms. The molecule has 1 fully saturated rings. The highest BCUT2D eigenvalue weighted by Gasteiger charge is 2.31. The van der Waals surface area contributed by atoms with Crippen molar-refractivity contribution in [1.82, 2.24) is 19.7 Å². The van der Waals surface area contributed by atoms with Gasteiger partial charge in [0.05, 0.1) is 17.1 Å². The van der Waals surface area contributed by atoms with Crippen molar-refractivity contribution in [3.63, 3.8) is 0 Å². The molecule has 4 aromatic rings. The molecule has 5 nitrogen and oxygen atoms in total. The van der Waals surface area contributed by atoms with Crippen LogP contribution >= 0.6 is 11.8 Å². The van der Waals surface area contributed by atoms with Gasteiger partial charge in [-0.1, -0.05) is 55.7 Å². The van der Waals surface area contributed by atoms with Crippen LogP contribution in [0.5, 0.6) is 0 Å². The van der Waals surface area contributed by atoms with Gasteiger partial charge in [-0.15, -0.1) is 0 Å². The summed E-state index contributed by atoms with van der Waals surface area (Å²) in [6, 6.07) is 23.4. The molecule has 1 aliphatic carbocycles. The Bertz CT molecular complexity index is 1310. The van der Waals surface area contributed by atoms with Gasteiger partial charge in [0.1, 0.15) is 5.03 Å². The molecule has 2 aromatic heterocycles. The smallest absolute Gasteiger partial charge is 0.171 e. The average molecular weight is 454 g/mol. The maximum absolute atomic E-state index is 5.14. The molecule has 0 radical (unpaired) electrons. The number of pyridine rings is 1. The second-order valence-corrected chi connectivity index (χ2v) is 9.86. The van der Waals surface area contributed by atoms with Gasteiger partial charge in [-0.3, -0.25) is 0 Å². The van der Waals surface area contributed by atoms with Crippen LogP contribution in [0.25, 0.3) is 16.7 Å². The number of fused-ring (bicyclic) bond motifs is 2. The van der Waals surface area contributed by atoms with Crippen molar-refractivity contribution in [1.29, 1.82) is 0 Å². The Morgan fingerprint density at radius 1 is 0.939 bits per heavy atom. The van der Waals surface area contributed by atoms with Crippen molar-refractivity contribution in [3.05, 3.63) is 78.0 Å². The van der Waals surface area contributed by atoms with Crippen molar-refractivity contribution >= 4 is 33.7 Å². The van der Waals surface area contributed by atoms with Gasteiger partial charge >= 0.3 is 0 Å². The van der Waals surface area contributed by atoms with E-state index in [1.165, 1.54) is 37.7 Å². The maximum atomic E-state index is 5.14. The Kier molecular flexibility index (Phi) is 5.38. The summed E-state index contributed by atoms with van der Waals surface area (Å²) >= 11 is 1.71. The van der Waals surface area contributed by atoms with E-state index in [9.17, 15) is 0 Å². The van der Waals surface area contributed by atoms with Gasteiger partial charge in [-0.25, -0.2) is 14.7 Å². The van der Waals surface area contributed by atoms with Gasteiger partial charge in [0.15, 0.2) is 10.8 Å². The molecule has 0 saturated heterocycles. The van der Waals surface area contributed by atoms with E-state index in [0.717, 1.165) is 44.8 Å². The molecule has 0 spiro atoms. The Balaban J connectivity index is 1.45. The molecule has 0 atom stereocenters. The molecule has 6 heteroatoms. The van der Waals surface area contributed by atoms with Crippen LogP contribution in [0.4, 0.5) is 5.69 Å². The highest BCUT2D eigenvalue weighted by molar-refractivity contribution is 8.13. The quantitative estimate of drug-likeness (QED) is 0.348. The predicted molar refractivity (Wildman–Crippen MR) is 135 cm³/mol. The number of para-hydroxylation sites is 2. The summed E-state index contributed by atoms with van der Waals surface area (Å²) in [7, 11) is 0. The van der Waals surface area contributed by atoms with Gasteiger partial charge in [0.25, 0.3) is 0 Å². The van der Waals surface area contributed by atoms with Gasteiger partial charge < -0.3 is 4.90 Å². The standard InChI is InChI=1S/C27H27N5S/c1-19-24-17-20-18-31(22-13-7-3-8-14-22)27(28-21-11-5-2-6-12-21)33-26(20)29-25(24)32(30-19)23-15-9-4-10-16-23/h2,4-6,9-12,15-17,22H,3,7-8,13-14,18H2,1H3. The van der Waals surface area contributed by atoms with E-state index in [2.05, 4.69) is 54.3 Å². The third-order valence-corrected chi connectivity index (χ3v) is 7.71. The minimum absolute atomic E-state index is 0.547. The van der Waals surface area contributed by atoms with Gasteiger partial charge in [-0.2, -0.15) is 5.10 Å². The SMILES string of the molecule is Cc1nn(-c2ccccc2)c2nc3c(cc12)CN(C1CCCCC1)C(=Nc1ccccc1)S3. The normalized spacial score (nSPS) is 18.1. The lowest BCUT2D eigenvalue weighted by atomic mass is 9.94. The van der Waals surface area contributed by atoms with E-state index in [-0.39, 0.29) is 0 Å². The fourth-order valence-electron chi connectivity index (χ4n) is 4.93. The summed E-state index contributed by atoms with van der Waals surface area (Å²) < 4.78 is 1.97. The molecule has 3 heterocycles. The molecular formula is C27H27N5S. The molecule has 0 unspecified atom stereocenters. The number of aromatic nitrogens is 3. The molecule has 0 amide bonds. The predicted octanol–water partition coefficient (Wildman–Crippen LogP) is 6.66. The molecular weight excluding hydrogens is 426 g/mol. The highest BCUT2D eigenvalue weighted by Crippen LogP contribution is 2.38. The van der Waals surface area contributed by atoms with E-state index in [1.54, 1.807) is 11.8 Å². The largest absolute Gasteiger partial charge is 0.343 e. The average Bonchev–Trinajstić information content (AvgIpc) is 3.19. The molecule has 2 aliphatic rings. The van der Waals surface area contributed by atoms with Crippen LogP contribution in [-0.4, -0.2) is 30.9 Å². The van der Waals surface area contributed by atoms with Crippen LogP contribution < -0.4 is 0 Å². The van der Waals surface area contributed by atoms with Crippen LogP contribution in [-0.2, 0) is 6.54 Å². The summed E-state index contributed by atoms with van der Waals surface area (Å²) in [5, 5.41) is 8.07. The Morgan fingerprint density at radius 3 is 2.42 bits per heavy atom. The third kappa shape index (κ3) is 3.93. The summed E-state index contributed by atoms with van der Waals surface area (Å²) in [6.45, 7) is 2.94. The van der Waals surface area contributed by atoms with E-state index in [1.807, 2.05) is 28.9 Å². The number of amidine groups is 1. The second kappa shape index (κ2) is 8.67. The van der Waals surface area contributed by atoms with E-state index < -0.39 is 0 Å². The highest BCUT2D eigenvalue weighted by atomic mass is 32.2. The number of thioether (sulfide) groups is 1. The van der Waals surface area contributed by atoms with E-state index in [0.29, 0.717) is 6.04 Å². The first kappa shape index (κ1) is 20.5. The van der Waals surface area contributed by atoms with Crippen molar-refractivity contribution in [2.75, 3.05) is 0 Å². The fourth-order valence-corrected chi connectivity index (χ4v) is 5.97. The first-order valence-corrected chi connectivity index (χ1v) is 12.6. The van der Waals surface area contributed by atoms with Gasteiger partial charge in [0.2, 0.25) is 0 Å². The topological polar surface area (TPSA) is 46.3 Å². The van der Waals surface area contributed by atoms with Gasteiger partial charge in [-0.05, 0) is 61.9 Å². The molecule has 166 valence electrons. The summed E-state index contributed by atoms with van der Waals surface area (Å²) in [4.78, 5) is 12.8. The van der Waals surface area contributed by atoms with Crippen molar-refractivity contribution in [3.8, 4) is 5.69 Å². The minimum atomic E-state index is 0.547. The fraction of sp³-hybridized carbons (Fsp3) is 0.296. The Hall–Kier alpha value is -3.12. The summed E-state index contributed by atoms with van der Waals surface area (Å²) in [6.07, 6.45) is 6.43. The van der Waals surface area contributed by atoms with E-state index >= 15 is 0 Å². The van der Waals surface area contributed by atoms with Crippen LogP contribution in [0.1, 0.15) is 43.4 Å². The lowest BCUT2D eigenvalue weighted by Crippen LogP contribution is -2.41. The van der Waals surface area contributed by atoms with Crippen LogP contribution in [0, 0.1) is 6.92 Å². The number of nitrogens with zero attached hydrogens (tertiary/aromatic N) is 5. The number of aliphatic imine (C=N–C) groups is 1. The molecule has 1 saturated carbocycles. The second-order valence-electron chi connectivity index (χ2n) is 8.91. The minimum Gasteiger partial charge on any atom is -0.343 e. The number of hydrogen-bond donors (Lipinski definition) is 0. The Labute approximate surface area is 198 Å². The van der Waals surface area contributed by atoms with E-state index in [4.69, 9.17) is 15.1 Å². The zero-order valence-electron chi connectivity index (χ0n) is 18.8. The van der Waals surface area contributed by atoms with Crippen LogP contribution in [0.15, 0.2) is 76.7 Å². The first-order valence-electron chi connectivity index (χ1n) is 11.8. The molecule has 2 aromatic carbocycles. The monoisotopic (exact) mass is 453 g/mol. The van der Waals surface area contributed by atoms with Crippen LogP contribution in [0.2, 0.25) is 0 Å². The van der Waals surface area contributed by atoms with Crippen molar-refractivity contribution in [2.45, 2.75) is 56.6 Å². The third-order valence-electron chi connectivity index (χ3n) is 6.65. The lowest BCUT2D eigenvalue weighted by Gasteiger charge is -2.39. The zero-order valence-corrected chi connectivity index (χ0v) is 19.6. The first-order chi connectivity index (χ1) is 16.3. The Morgan fingerprint density at radius 2 is 1.67 bits per heavy atom. The zero-order chi connectivity index (χ0) is 22.2. The molecule has 1 aliphatic heterocycles. The number of aryl methyl sites for hydroxylation is 1. The lowest BCUT2D eigenvalue weighted by molar-refractivity contribution is 0.238. The molecule has 0 N–H and O–H groups in total. The van der Waals surface area contributed by atoms with Crippen molar-refractivity contribution in [2.24, 2.45) is 4.99 Å². The van der Waals surface area contributed by atoms with Crippen LogP contribution in [0.3, 0.4) is 0 Å². The summed E-state index contributed by atoms with van der Waals surface area (Å²) in [5.74, 6) is 0. The number of rotatable bonds is 3. The number of benzene rings is 2. The maximum Gasteiger partial charge on any atom is 0.171 e.